The minimum Gasteiger partial charge on any atom is -0.338 e. The van der Waals surface area contributed by atoms with Gasteiger partial charge in [0.05, 0.1) is 6.04 Å². The molecule has 0 spiro atoms. The van der Waals surface area contributed by atoms with E-state index in [1.165, 1.54) is 31.4 Å². The van der Waals surface area contributed by atoms with Crippen molar-refractivity contribution in [1.82, 2.24) is 14.7 Å². The Kier molecular flexibility index (Phi) is 5.85. The molecule has 1 aromatic carbocycles. The molecule has 0 aliphatic carbocycles. The van der Waals surface area contributed by atoms with Crippen LogP contribution in [0.25, 0.3) is 0 Å². The third kappa shape index (κ3) is 3.95. The number of carbonyl (C=O) groups is 1. The minimum atomic E-state index is -0.191. The highest BCUT2D eigenvalue weighted by atomic mass is 19.1. The second-order valence-electron chi connectivity index (χ2n) is 6.96. The molecule has 2 atom stereocenters. The van der Waals surface area contributed by atoms with Gasteiger partial charge < -0.3 is 4.90 Å². The lowest BCUT2D eigenvalue weighted by Crippen LogP contribution is -2.61. The van der Waals surface area contributed by atoms with E-state index in [4.69, 9.17) is 0 Å². The molecule has 2 aliphatic rings. The van der Waals surface area contributed by atoms with Crippen molar-refractivity contribution in [2.75, 3.05) is 32.7 Å². The molecule has 0 saturated carbocycles. The van der Waals surface area contributed by atoms with Crippen LogP contribution >= 0.6 is 0 Å². The number of halogens is 1. The summed E-state index contributed by atoms with van der Waals surface area (Å²) in [6, 6.07) is 7.48. The number of hydrogen-bond acceptors (Lipinski definition) is 3. The van der Waals surface area contributed by atoms with E-state index >= 15 is 0 Å². The fraction of sp³-hybridized carbons (Fsp3) is 0.632. The second-order valence-corrected chi connectivity index (χ2v) is 6.96. The molecule has 0 N–H and O–H groups in total. The van der Waals surface area contributed by atoms with Crippen LogP contribution in [0.3, 0.4) is 0 Å². The van der Waals surface area contributed by atoms with Crippen molar-refractivity contribution in [1.29, 1.82) is 0 Å². The summed E-state index contributed by atoms with van der Waals surface area (Å²) in [6.45, 7) is 7.78. The van der Waals surface area contributed by atoms with E-state index in [1.54, 1.807) is 0 Å². The van der Waals surface area contributed by atoms with E-state index < -0.39 is 0 Å². The molecule has 0 bridgehead atoms. The second kappa shape index (κ2) is 8.08. The largest absolute Gasteiger partial charge is 0.338 e. The lowest BCUT2D eigenvalue weighted by molar-refractivity contribution is -0.125. The highest BCUT2D eigenvalue weighted by molar-refractivity contribution is 5.48. The molecule has 0 aromatic heterocycles. The SMILES string of the molecule is CCN1CCCC[C@H]1C1CN(Cc2ccc(F)cc2)CCN1C=O. The first-order chi connectivity index (χ1) is 11.7. The van der Waals surface area contributed by atoms with Crippen LogP contribution < -0.4 is 0 Å². The van der Waals surface area contributed by atoms with Crippen molar-refractivity contribution in [3.05, 3.63) is 35.6 Å². The van der Waals surface area contributed by atoms with Crippen LogP contribution in [-0.4, -0.2) is 65.9 Å². The third-order valence-electron chi connectivity index (χ3n) is 5.52. The topological polar surface area (TPSA) is 26.8 Å². The molecule has 3 rings (SSSR count). The maximum atomic E-state index is 13.1. The van der Waals surface area contributed by atoms with Gasteiger partial charge in [-0.3, -0.25) is 14.6 Å². The van der Waals surface area contributed by atoms with E-state index in [-0.39, 0.29) is 11.9 Å². The molecule has 0 radical (unpaired) electrons. The Morgan fingerprint density at radius 2 is 1.92 bits per heavy atom. The van der Waals surface area contributed by atoms with Gasteiger partial charge >= 0.3 is 0 Å². The molecule has 1 amide bonds. The van der Waals surface area contributed by atoms with Crippen LogP contribution in [0.4, 0.5) is 4.39 Å². The molecular formula is C19H28FN3O. The maximum absolute atomic E-state index is 13.1. The highest BCUT2D eigenvalue weighted by Crippen LogP contribution is 2.25. The smallest absolute Gasteiger partial charge is 0.210 e. The van der Waals surface area contributed by atoms with Gasteiger partial charge in [0, 0.05) is 32.2 Å². The van der Waals surface area contributed by atoms with Crippen LogP contribution in [0.15, 0.2) is 24.3 Å². The number of rotatable bonds is 5. The molecule has 2 fully saturated rings. The normalized spacial score (nSPS) is 26.5. The average molecular weight is 333 g/mol. The molecule has 24 heavy (non-hydrogen) atoms. The standard InChI is InChI=1S/C19H28FN3O/c1-2-22-10-4-3-5-18(22)19-14-21(11-12-23(19)15-24)13-16-6-8-17(20)9-7-16/h6-9,15,18-19H,2-5,10-14H2,1H3/t18-,19?/m0/s1. The van der Waals surface area contributed by atoms with Gasteiger partial charge in [-0.2, -0.15) is 0 Å². The van der Waals surface area contributed by atoms with Crippen LogP contribution in [0.5, 0.6) is 0 Å². The van der Waals surface area contributed by atoms with Gasteiger partial charge in [0.1, 0.15) is 5.82 Å². The molecule has 1 aromatic rings. The van der Waals surface area contributed by atoms with Crippen LogP contribution in [0, 0.1) is 5.82 Å². The van der Waals surface area contributed by atoms with Crippen LogP contribution in [-0.2, 0) is 11.3 Å². The van der Waals surface area contributed by atoms with Gasteiger partial charge in [-0.1, -0.05) is 25.5 Å². The Bertz CT molecular complexity index is 536. The number of carbonyl (C=O) groups excluding carboxylic acids is 1. The van der Waals surface area contributed by atoms with Gasteiger partial charge in [0.2, 0.25) is 6.41 Å². The summed E-state index contributed by atoms with van der Waals surface area (Å²) in [5.41, 5.74) is 1.13. The van der Waals surface area contributed by atoms with Gasteiger partial charge in [0.25, 0.3) is 0 Å². The van der Waals surface area contributed by atoms with Crippen molar-refractivity contribution in [2.24, 2.45) is 0 Å². The molecule has 2 saturated heterocycles. The Balaban J connectivity index is 1.69. The first kappa shape index (κ1) is 17.4. The Labute approximate surface area is 144 Å². The Morgan fingerprint density at radius 1 is 1.12 bits per heavy atom. The van der Waals surface area contributed by atoms with Crippen LogP contribution in [0.1, 0.15) is 31.7 Å². The number of piperidine rings is 1. The predicted molar refractivity (Wildman–Crippen MR) is 93.1 cm³/mol. The third-order valence-corrected chi connectivity index (χ3v) is 5.52. The summed E-state index contributed by atoms with van der Waals surface area (Å²) in [6.07, 6.45) is 4.72. The summed E-state index contributed by atoms with van der Waals surface area (Å²) < 4.78 is 13.1. The number of likely N-dealkylation sites (tertiary alicyclic amines) is 1. The zero-order valence-electron chi connectivity index (χ0n) is 14.5. The number of benzene rings is 1. The number of amides is 1. The van der Waals surface area contributed by atoms with E-state index in [2.05, 4.69) is 16.7 Å². The van der Waals surface area contributed by atoms with E-state index in [0.717, 1.165) is 51.2 Å². The van der Waals surface area contributed by atoms with Crippen molar-refractivity contribution in [3.63, 3.8) is 0 Å². The summed E-state index contributed by atoms with van der Waals surface area (Å²) in [4.78, 5) is 18.5. The summed E-state index contributed by atoms with van der Waals surface area (Å²) in [5.74, 6) is -0.191. The zero-order chi connectivity index (χ0) is 16.9. The molecule has 1 unspecified atom stereocenters. The Hall–Kier alpha value is -1.46. The summed E-state index contributed by atoms with van der Waals surface area (Å²) >= 11 is 0. The van der Waals surface area contributed by atoms with Crippen molar-refractivity contribution < 1.29 is 9.18 Å². The van der Waals surface area contributed by atoms with Gasteiger partial charge in [-0.05, 0) is 43.6 Å². The number of piperazine rings is 1. The first-order valence-corrected chi connectivity index (χ1v) is 9.13. The lowest BCUT2D eigenvalue weighted by atomic mass is 9.93. The van der Waals surface area contributed by atoms with Crippen molar-refractivity contribution in [2.45, 2.75) is 44.8 Å². The van der Waals surface area contributed by atoms with E-state index in [1.807, 2.05) is 17.0 Å². The van der Waals surface area contributed by atoms with Gasteiger partial charge in [0.15, 0.2) is 0 Å². The van der Waals surface area contributed by atoms with Crippen molar-refractivity contribution in [3.8, 4) is 0 Å². The molecule has 2 aliphatic heterocycles. The minimum absolute atomic E-state index is 0.191. The van der Waals surface area contributed by atoms with E-state index in [9.17, 15) is 9.18 Å². The summed E-state index contributed by atoms with van der Waals surface area (Å²) in [7, 11) is 0. The van der Waals surface area contributed by atoms with Gasteiger partial charge in [-0.25, -0.2) is 4.39 Å². The predicted octanol–water partition coefficient (Wildman–Crippen LogP) is 2.34. The molecule has 4 nitrogen and oxygen atoms in total. The van der Waals surface area contributed by atoms with Crippen molar-refractivity contribution >= 4 is 6.41 Å². The van der Waals surface area contributed by atoms with E-state index in [0.29, 0.717) is 6.04 Å². The van der Waals surface area contributed by atoms with Crippen LogP contribution in [0.2, 0.25) is 0 Å². The summed E-state index contributed by atoms with van der Waals surface area (Å²) in [5, 5.41) is 0. The first-order valence-electron chi connectivity index (χ1n) is 9.13. The van der Waals surface area contributed by atoms with Gasteiger partial charge in [-0.15, -0.1) is 0 Å². The molecule has 5 heteroatoms. The fourth-order valence-electron chi connectivity index (χ4n) is 4.19. The Morgan fingerprint density at radius 3 is 2.62 bits per heavy atom. The monoisotopic (exact) mass is 333 g/mol. The average Bonchev–Trinajstić information content (AvgIpc) is 2.63. The molecule has 2 heterocycles. The maximum Gasteiger partial charge on any atom is 0.210 e. The number of nitrogens with zero attached hydrogens (tertiary/aromatic N) is 3. The molecule has 132 valence electrons. The molecular weight excluding hydrogens is 305 g/mol. The lowest BCUT2D eigenvalue weighted by Gasteiger charge is -2.48. The highest BCUT2D eigenvalue weighted by Gasteiger charge is 2.36. The number of likely N-dealkylation sites (N-methyl/N-ethyl adjacent to an activating group) is 1. The number of hydrogen-bond donors (Lipinski definition) is 0. The zero-order valence-corrected chi connectivity index (χ0v) is 14.5. The fourth-order valence-corrected chi connectivity index (χ4v) is 4.19. The quantitative estimate of drug-likeness (QED) is 0.774.